The van der Waals surface area contributed by atoms with Crippen LogP contribution in [0.25, 0.3) is 11.0 Å². The average molecular weight is 472 g/mol. The average Bonchev–Trinajstić information content (AvgIpc) is 3.18. The van der Waals surface area contributed by atoms with E-state index in [1.807, 2.05) is 11.0 Å². The van der Waals surface area contributed by atoms with Gasteiger partial charge in [-0.2, -0.15) is 0 Å². The van der Waals surface area contributed by atoms with Crippen LogP contribution in [0.5, 0.6) is 11.5 Å². The molecule has 0 atom stereocenters. The summed E-state index contributed by atoms with van der Waals surface area (Å²) in [5.74, 6) is 1.22. The third-order valence-electron chi connectivity index (χ3n) is 6.10. The van der Waals surface area contributed by atoms with Crippen LogP contribution < -0.4 is 9.47 Å². The summed E-state index contributed by atoms with van der Waals surface area (Å²) >= 11 is 0. The first-order valence-electron chi connectivity index (χ1n) is 11.0. The summed E-state index contributed by atoms with van der Waals surface area (Å²) in [6.45, 7) is 3.50. The number of amides is 1. The summed E-state index contributed by atoms with van der Waals surface area (Å²) in [5, 5.41) is -0.107. The van der Waals surface area contributed by atoms with Crippen molar-refractivity contribution in [3.05, 3.63) is 48.0 Å². The maximum atomic E-state index is 13.5. The highest BCUT2D eigenvalue weighted by Crippen LogP contribution is 2.27. The summed E-state index contributed by atoms with van der Waals surface area (Å²) in [4.78, 5) is 19.3. The Morgan fingerprint density at radius 1 is 1.06 bits per heavy atom. The van der Waals surface area contributed by atoms with E-state index in [2.05, 4.69) is 11.9 Å². The van der Waals surface area contributed by atoms with Crippen molar-refractivity contribution >= 4 is 26.8 Å². The van der Waals surface area contributed by atoms with Crippen LogP contribution in [0.3, 0.4) is 0 Å². The maximum Gasteiger partial charge on any atom is 0.242 e. The van der Waals surface area contributed by atoms with Crippen molar-refractivity contribution in [2.45, 2.75) is 37.2 Å². The van der Waals surface area contributed by atoms with Crippen molar-refractivity contribution in [1.29, 1.82) is 0 Å². The molecule has 4 rings (SSSR count). The molecule has 1 aliphatic heterocycles. The molecular weight excluding hydrogens is 442 g/mol. The lowest BCUT2D eigenvalue weighted by atomic mass is 9.99. The molecule has 0 spiro atoms. The predicted molar refractivity (Wildman–Crippen MR) is 125 cm³/mol. The molecule has 0 aliphatic carbocycles. The first-order valence-corrected chi connectivity index (χ1v) is 12.6. The van der Waals surface area contributed by atoms with Gasteiger partial charge >= 0.3 is 0 Å². The van der Waals surface area contributed by atoms with E-state index >= 15 is 0 Å². The van der Waals surface area contributed by atoms with Crippen LogP contribution in [-0.4, -0.2) is 56.1 Å². The number of ether oxygens (including phenoxy) is 2. The lowest BCUT2D eigenvalue weighted by Gasteiger charge is -2.30. The molecule has 0 bridgehead atoms. The molecule has 1 aliphatic rings. The zero-order valence-electron chi connectivity index (χ0n) is 19.2. The lowest BCUT2D eigenvalue weighted by Crippen LogP contribution is -2.40. The van der Waals surface area contributed by atoms with Gasteiger partial charge in [-0.1, -0.05) is 19.1 Å². The molecule has 0 saturated carbocycles. The van der Waals surface area contributed by atoms with Crippen LogP contribution >= 0.6 is 0 Å². The van der Waals surface area contributed by atoms with Gasteiger partial charge in [0.15, 0.2) is 0 Å². The second kappa shape index (κ2) is 9.43. The van der Waals surface area contributed by atoms with Crippen molar-refractivity contribution < 1.29 is 22.7 Å². The largest absolute Gasteiger partial charge is 0.497 e. The molecule has 2 aromatic carbocycles. The van der Waals surface area contributed by atoms with Crippen molar-refractivity contribution in [2.75, 3.05) is 27.3 Å². The van der Waals surface area contributed by atoms with Gasteiger partial charge in [0.05, 0.1) is 31.0 Å². The first-order chi connectivity index (χ1) is 15.8. The monoisotopic (exact) mass is 471 g/mol. The summed E-state index contributed by atoms with van der Waals surface area (Å²) < 4.78 is 39.1. The van der Waals surface area contributed by atoms with Gasteiger partial charge in [-0.05, 0) is 48.6 Å². The Hall–Kier alpha value is -3.07. The lowest BCUT2D eigenvalue weighted by molar-refractivity contribution is -0.133. The molecule has 33 heavy (non-hydrogen) atoms. The molecule has 1 aromatic heterocycles. The summed E-state index contributed by atoms with van der Waals surface area (Å²) in [7, 11) is -0.844. The number of fused-ring (bicyclic) bond motifs is 1. The molecule has 8 nitrogen and oxygen atoms in total. The number of likely N-dealkylation sites (tertiary alicyclic amines) is 1. The minimum absolute atomic E-state index is 0.0646. The number of methoxy groups -OCH3 is 2. The standard InChI is InChI=1S/C24H29N3O5S/c1-17-8-10-26(11-9-17)23(28)15-27-22-7-5-4-6-21(22)25-24(27)33(29,30)16-18-12-19(31-2)14-20(13-18)32-3/h4-7,12-14,17H,8-11,15-16H2,1-3H3. The molecule has 1 amide bonds. The molecule has 1 saturated heterocycles. The van der Waals surface area contributed by atoms with E-state index < -0.39 is 9.84 Å². The van der Waals surface area contributed by atoms with E-state index in [1.165, 1.54) is 18.8 Å². The van der Waals surface area contributed by atoms with Gasteiger partial charge in [-0.25, -0.2) is 13.4 Å². The van der Waals surface area contributed by atoms with E-state index in [9.17, 15) is 13.2 Å². The van der Waals surface area contributed by atoms with Gasteiger partial charge in [-0.3, -0.25) is 4.79 Å². The Morgan fingerprint density at radius 2 is 1.70 bits per heavy atom. The third-order valence-corrected chi connectivity index (χ3v) is 7.68. The van der Waals surface area contributed by atoms with Crippen LogP contribution in [0.15, 0.2) is 47.6 Å². The topological polar surface area (TPSA) is 90.7 Å². The van der Waals surface area contributed by atoms with Crippen LogP contribution in [0.4, 0.5) is 0 Å². The van der Waals surface area contributed by atoms with Crippen LogP contribution in [-0.2, 0) is 26.9 Å². The van der Waals surface area contributed by atoms with Crippen molar-refractivity contribution in [3.8, 4) is 11.5 Å². The van der Waals surface area contributed by atoms with Crippen molar-refractivity contribution in [1.82, 2.24) is 14.5 Å². The Bertz CT molecular complexity index is 1240. The predicted octanol–water partition coefficient (Wildman–Crippen LogP) is 3.29. The SMILES string of the molecule is COc1cc(CS(=O)(=O)c2nc3ccccc3n2CC(=O)N2CCC(C)CC2)cc(OC)c1. The van der Waals surface area contributed by atoms with E-state index in [4.69, 9.17) is 9.47 Å². The van der Waals surface area contributed by atoms with Gasteiger partial charge in [0.25, 0.3) is 0 Å². The zero-order valence-corrected chi connectivity index (χ0v) is 20.0. The normalized spacial score (nSPS) is 15.1. The number of hydrogen-bond donors (Lipinski definition) is 0. The molecule has 0 N–H and O–H groups in total. The molecule has 0 unspecified atom stereocenters. The number of hydrogen-bond acceptors (Lipinski definition) is 6. The zero-order chi connectivity index (χ0) is 23.6. The molecule has 1 fully saturated rings. The smallest absolute Gasteiger partial charge is 0.242 e. The number of carbonyl (C=O) groups is 1. The van der Waals surface area contributed by atoms with E-state index in [-0.39, 0.29) is 23.4 Å². The molecule has 0 radical (unpaired) electrons. The van der Waals surface area contributed by atoms with Gasteiger partial charge in [-0.15, -0.1) is 0 Å². The third kappa shape index (κ3) is 4.98. The Kier molecular flexibility index (Phi) is 6.60. The highest BCUT2D eigenvalue weighted by Gasteiger charge is 2.28. The Balaban J connectivity index is 1.69. The number of imidazole rings is 1. The fraction of sp³-hybridized carbons (Fsp3) is 0.417. The van der Waals surface area contributed by atoms with E-state index in [0.29, 0.717) is 47.1 Å². The number of para-hydroxylation sites is 2. The number of aromatic nitrogens is 2. The number of piperidine rings is 1. The fourth-order valence-electron chi connectivity index (χ4n) is 4.17. The number of nitrogens with zero attached hydrogens (tertiary/aromatic N) is 3. The van der Waals surface area contributed by atoms with Crippen LogP contribution in [0.2, 0.25) is 0 Å². The van der Waals surface area contributed by atoms with E-state index in [0.717, 1.165) is 12.8 Å². The van der Waals surface area contributed by atoms with Crippen molar-refractivity contribution in [2.24, 2.45) is 5.92 Å². The fourth-order valence-corrected chi connectivity index (χ4v) is 5.64. The summed E-state index contributed by atoms with van der Waals surface area (Å²) in [5.41, 5.74) is 1.68. The number of sulfone groups is 1. The highest BCUT2D eigenvalue weighted by molar-refractivity contribution is 7.90. The molecule has 2 heterocycles. The second-order valence-electron chi connectivity index (χ2n) is 8.51. The first kappa shape index (κ1) is 23.1. The van der Waals surface area contributed by atoms with Crippen LogP contribution in [0.1, 0.15) is 25.3 Å². The highest BCUT2D eigenvalue weighted by atomic mass is 32.2. The number of carbonyl (C=O) groups excluding carboxylic acids is 1. The summed E-state index contributed by atoms with van der Waals surface area (Å²) in [6, 6.07) is 12.2. The minimum Gasteiger partial charge on any atom is -0.497 e. The van der Waals surface area contributed by atoms with Crippen molar-refractivity contribution in [3.63, 3.8) is 0 Å². The minimum atomic E-state index is -3.87. The summed E-state index contributed by atoms with van der Waals surface area (Å²) in [6.07, 6.45) is 1.92. The second-order valence-corrected chi connectivity index (χ2v) is 10.4. The van der Waals surface area contributed by atoms with Crippen LogP contribution in [0, 0.1) is 5.92 Å². The van der Waals surface area contributed by atoms with Gasteiger partial charge in [0.2, 0.25) is 20.9 Å². The van der Waals surface area contributed by atoms with E-state index in [1.54, 1.807) is 36.4 Å². The molecule has 3 aromatic rings. The Morgan fingerprint density at radius 3 is 2.33 bits per heavy atom. The number of benzene rings is 2. The molecule has 176 valence electrons. The molecular formula is C24H29N3O5S. The Labute approximate surface area is 194 Å². The van der Waals surface area contributed by atoms with Gasteiger partial charge in [0.1, 0.15) is 18.0 Å². The quantitative estimate of drug-likeness (QED) is 0.525. The van der Waals surface area contributed by atoms with Gasteiger partial charge in [0, 0.05) is 19.2 Å². The maximum absolute atomic E-state index is 13.5. The van der Waals surface area contributed by atoms with Gasteiger partial charge < -0.3 is 18.9 Å². The number of rotatable bonds is 7. The molecule has 9 heteroatoms.